The zero-order valence-electron chi connectivity index (χ0n) is 14.1. The second-order valence-corrected chi connectivity index (χ2v) is 6.76. The lowest BCUT2D eigenvalue weighted by atomic mass is 9.99. The van der Waals surface area contributed by atoms with E-state index in [1.165, 1.54) is 50.1 Å². The molecule has 0 saturated carbocycles. The second kappa shape index (κ2) is 8.46. The van der Waals surface area contributed by atoms with E-state index >= 15 is 0 Å². The lowest BCUT2D eigenvalue weighted by molar-refractivity contribution is 0.0991. The first kappa shape index (κ1) is 16.5. The molecule has 3 rings (SSSR count). The Morgan fingerprint density at radius 1 is 1.17 bits per heavy atom. The van der Waals surface area contributed by atoms with Crippen LogP contribution in [-0.4, -0.2) is 50.0 Å². The first-order chi connectivity index (χ1) is 11.3. The van der Waals surface area contributed by atoms with E-state index in [-0.39, 0.29) is 5.78 Å². The molecule has 2 aliphatic rings. The predicted octanol–water partition coefficient (Wildman–Crippen LogP) is 2.69. The Morgan fingerprint density at radius 2 is 2.04 bits per heavy atom. The maximum absolute atomic E-state index is 12.3. The van der Waals surface area contributed by atoms with E-state index in [0.29, 0.717) is 6.54 Å². The van der Waals surface area contributed by atoms with Gasteiger partial charge in [0.25, 0.3) is 0 Å². The molecule has 0 unspecified atom stereocenters. The Morgan fingerprint density at radius 3 is 2.91 bits per heavy atom. The molecule has 1 fully saturated rings. The van der Waals surface area contributed by atoms with Crippen LogP contribution in [0.15, 0.2) is 18.2 Å². The third-order valence-electron chi connectivity index (χ3n) is 4.93. The Bertz CT molecular complexity index is 523. The number of nitrogens with one attached hydrogen (secondary N) is 2. The van der Waals surface area contributed by atoms with Crippen LogP contribution in [0.1, 0.15) is 48.0 Å². The van der Waals surface area contributed by atoms with Crippen molar-refractivity contribution in [1.82, 2.24) is 10.2 Å². The molecule has 0 amide bonds. The topological polar surface area (TPSA) is 44.4 Å². The average Bonchev–Trinajstić information content (AvgIpc) is 3.10. The van der Waals surface area contributed by atoms with Crippen molar-refractivity contribution in [1.29, 1.82) is 0 Å². The average molecular weight is 315 g/mol. The van der Waals surface area contributed by atoms with E-state index < -0.39 is 0 Å². The number of anilines is 1. The third-order valence-corrected chi connectivity index (χ3v) is 4.93. The van der Waals surface area contributed by atoms with Gasteiger partial charge in [-0.1, -0.05) is 0 Å². The molecular weight excluding hydrogens is 286 g/mol. The van der Waals surface area contributed by atoms with Crippen LogP contribution >= 0.6 is 0 Å². The molecular formula is C19H29N3O. The first-order valence-corrected chi connectivity index (χ1v) is 9.16. The minimum atomic E-state index is 0.206. The number of ketones is 1. The SMILES string of the molecule is O=C(CNCCCCN1CCCC1)c1ccc2c(c1)CCCN2. The monoisotopic (exact) mass is 315 g/mol. The van der Waals surface area contributed by atoms with Gasteiger partial charge in [0.2, 0.25) is 0 Å². The zero-order chi connectivity index (χ0) is 15.9. The van der Waals surface area contributed by atoms with Gasteiger partial charge in [-0.3, -0.25) is 4.79 Å². The molecule has 1 saturated heterocycles. The molecule has 4 nitrogen and oxygen atoms in total. The number of fused-ring (bicyclic) bond motifs is 1. The van der Waals surface area contributed by atoms with Crippen LogP contribution in [0.2, 0.25) is 0 Å². The molecule has 126 valence electrons. The highest BCUT2D eigenvalue weighted by Gasteiger charge is 2.12. The van der Waals surface area contributed by atoms with E-state index in [2.05, 4.69) is 27.7 Å². The van der Waals surface area contributed by atoms with E-state index in [1.54, 1.807) is 0 Å². The number of nitrogens with zero attached hydrogens (tertiary/aromatic N) is 1. The Labute approximate surface area is 139 Å². The second-order valence-electron chi connectivity index (χ2n) is 6.76. The molecule has 2 aliphatic heterocycles. The van der Waals surface area contributed by atoms with Crippen molar-refractivity contribution in [2.24, 2.45) is 0 Å². The molecule has 23 heavy (non-hydrogen) atoms. The van der Waals surface area contributed by atoms with Gasteiger partial charge in [-0.05, 0) is 88.5 Å². The minimum Gasteiger partial charge on any atom is -0.385 e. The molecule has 0 aromatic heterocycles. The lowest BCUT2D eigenvalue weighted by Gasteiger charge is -2.18. The summed E-state index contributed by atoms with van der Waals surface area (Å²) >= 11 is 0. The minimum absolute atomic E-state index is 0.206. The summed E-state index contributed by atoms with van der Waals surface area (Å²) in [6, 6.07) is 6.07. The maximum Gasteiger partial charge on any atom is 0.176 e. The number of aryl methyl sites for hydroxylation is 1. The van der Waals surface area contributed by atoms with Gasteiger partial charge in [0, 0.05) is 17.8 Å². The normalized spacial score (nSPS) is 17.7. The number of rotatable bonds is 8. The number of carbonyl (C=O) groups excluding carboxylic acids is 1. The summed E-state index contributed by atoms with van der Waals surface area (Å²) in [5, 5.41) is 6.69. The van der Waals surface area contributed by atoms with Crippen molar-refractivity contribution in [2.45, 2.75) is 38.5 Å². The molecule has 2 N–H and O–H groups in total. The van der Waals surface area contributed by atoms with Crippen LogP contribution in [0.25, 0.3) is 0 Å². The zero-order valence-corrected chi connectivity index (χ0v) is 14.1. The van der Waals surface area contributed by atoms with Gasteiger partial charge in [0.15, 0.2) is 5.78 Å². The fourth-order valence-corrected chi connectivity index (χ4v) is 3.54. The van der Waals surface area contributed by atoms with Gasteiger partial charge in [-0.2, -0.15) is 0 Å². The third kappa shape index (κ3) is 4.79. The summed E-state index contributed by atoms with van der Waals surface area (Å²) in [4.78, 5) is 14.8. The summed E-state index contributed by atoms with van der Waals surface area (Å²) in [6.45, 7) is 6.20. The molecule has 0 bridgehead atoms. The number of Topliss-reactive ketones (excluding diaryl/α,β-unsaturated/α-hetero) is 1. The summed E-state index contributed by atoms with van der Waals surface area (Å²) < 4.78 is 0. The van der Waals surface area contributed by atoms with Crippen LogP contribution in [0.5, 0.6) is 0 Å². The molecule has 1 aromatic carbocycles. The predicted molar refractivity (Wildman–Crippen MR) is 95.4 cm³/mol. The highest BCUT2D eigenvalue weighted by Crippen LogP contribution is 2.23. The largest absolute Gasteiger partial charge is 0.385 e. The van der Waals surface area contributed by atoms with E-state index in [9.17, 15) is 4.79 Å². The first-order valence-electron chi connectivity index (χ1n) is 9.16. The van der Waals surface area contributed by atoms with Gasteiger partial charge in [0.05, 0.1) is 6.54 Å². The lowest BCUT2D eigenvalue weighted by Crippen LogP contribution is -2.26. The van der Waals surface area contributed by atoms with Crippen molar-refractivity contribution < 1.29 is 4.79 Å². The Kier molecular flexibility index (Phi) is 6.06. The van der Waals surface area contributed by atoms with Crippen molar-refractivity contribution >= 4 is 11.5 Å². The van der Waals surface area contributed by atoms with Crippen molar-refractivity contribution in [3.63, 3.8) is 0 Å². The number of hydrogen-bond donors (Lipinski definition) is 2. The van der Waals surface area contributed by atoms with Crippen LogP contribution < -0.4 is 10.6 Å². The van der Waals surface area contributed by atoms with Crippen LogP contribution in [-0.2, 0) is 6.42 Å². The number of likely N-dealkylation sites (tertiary alicyclic amines) is 1. The summed E-state index contributed by atoms with van der Waals surface area (Å²) in [6.07, 6.45) is 7.34. The highest BCUT2D eigenvalue weighted by molar-refractivity contribution is 5.98. The number of unbranched alkanes of at least 4 members (excludes halogenated alkanes) is 1. The van der Waals surface area contributed by atoms with Crippen molar-refractivity contribution in [2.75, 3.05) is 44.6 Å². The fourth-order valence-electron chi connectivity index (χ4n) is 3.54. The van der Waals surface area contributed by atoms with Gasteiger partial charge in [-0.15, -0.1) is 0 Å². The highest BCUT2D eigenvalue weighted by atomic mass is 16.1. The van der Waals surface area contributed by atoms with Crippen molar-refractivity contribution in [3.8, 4) is 0 Å². The van der Waals surface area contributed by atoms with Crippen LogP contribution in [0, 0.1) is 0 Å². The summed E-state index contributed by atoms with van der Waals surface area (Å²) in [5.74, 6) is 0.206. The van der Waals surface area contributed by atoms with Gasteiger partial charge >= 0.3 is 0 Å². The van der Waals surface area contributed by atoms with Crippen LogP contribution in [0.3, 0.4) is 0 Å². The van der Waals surface area contributed by atoms with Gasteiger partial charge < -0.3 is 15.5 Å². The molecule has 0 radical (unpaired) electrons. The maximum atomic E-state index is 12.3. The quantitative estimate of drug-likeness (QED) is 0.572. The van der Waals surface area contributed by atoms with Crippen molar-refractivity contribution in [3.05, 3.63) is 29.3 Å². The number of hydrogen-bond acceptors (Lipinski definition) is 4. The Balaban J connectivity index is 1.34. The molecule has 0 aliphatic carbocycles. The number of carbonyl (C=O) groups is 1. The molecule has 4 heteroatoms. The van der Waals surface area contributed by atoms with E-state index in [1.807, 2.05) is 6.07 Å². The van der Waals surface area contributed by atoms with E-state index in [4.69, 9.17) is 0 Å². The van der Waals surface area contributed by atoms with Crippen LogP contribution in [0.4, 0.5) is 5.69 Å². The van der Waals surface area contributed by atoms with Gasteiger partial charge in [-0.25, -0.2) is 0 Å². The molecule has 0 spiro atoms. The van der Waals surface area contributed by atoms with Gasteiger partial charge in [0.1, 0.15) is 0 Å². The Hall–Kier alpha value is -1.39. The standard InChI is InChI=1S/C19H29N3O/c23-19(15-20-9-1-2-11-22-12-3-4-13-22)17-7-8-18-16(14-17)6-5-10-21-18/h7-8,14,20-21H,1-6,9-13,15H2. The molecule has 2 heterocycles. The summed E-state index contributed by atoms with van der Waals surface area (Å²) in [7, 11) is 0. The summed E-state index contributed by atoms with van der Waals surface area (Å²) in [5.41, 5.74) is 3.33. The molecule has 0 atom stereocenters. The smallest absolute Gasteiger partial charge is 0.176 e. The fraction of sp³-hybridized carbons (Fsp3) is 0.632. The van der Waals surface area contributed by atoms with E-state index in [0.717, 1.165) is 37.9 Å². The molecule has 1 aromatic rings. The number of benzene rings is 1.